The van der Waals surface area contributed by atoms with Crippen molar-refractivity contribution in [3.8, 4) is 0 Å². The fourth-order valence-corrected chi connectivity index (χ4v) is 6.74. The molecule has 0 unspecified atom stereocenters. The van der Waals surface area contributed by atoms with Gasteiger partial charge in [-0.2, -0.15) is 0 Å². The SMILES string of the molecule is C.CC.CC(C)(C)OC(=O)N1CCN(C(=O)OCc2ccccc2)C[C@@H]1C(=O)O.CI.COC(=O)[C@H]1CN(C(=O)OCc2ccccc2)CCN1C(=O)OC(C)(C)C.COC(=O)[C@H]1CNCCN1C(=O)OC(C)(C)C.[B]. The molecule has 3 radical (unpaired) electrons. The molecule has 427 valence electrons. The number of carboxylic acid groups (broad SMARTS) is 1. The number of halogens is 1. The van der Waals surface area contributed by atoms with Gasteiger partial charge in [-0.3, -0.25) is 14.7 Å². The fourth-order valence-electron chi connectivity index (χ4n) is 6.74. The number of nitrogens with one attached hydrogen (secondary N) is 1. The molecule has 3 heterocycles. The Morgan fingerprint density at radius 2 is 0.868 bits per heavy atom. The van der Waals surface area contributed by atoms with Gasteiger partial charge in [-0.25, -0.2) is 38.4 Å². The summed E-state index contributed by atoms with van der Waals surface area (Å²) >= 11 is 2.15. The number of esters is 2. The lowest BCUT2D eigenvalue weighted by Gasteiger charge is -2.39. The van der Waals surface area contributed by atoms with Crippen LogP contribution in [-0.4, -0.2) is 199 Å². The van der Waals surface area contributed by atoms with E-state index in [0.29, 0.717) is 19.6 Å². The number of aliphatic carboxylic acids is 1. The van der Waals surface area contributed by atoms with Gasteiger partial charge in [0.05, 0.1) is 27.3 Å². The average molecular weight is 1190 g/mol. The lowest BCUT2D eigenvalue weighted by Crippen LogP contribution is -2.60. The summed E-state index contributed by atoms with van der Waals surface area (Å²) in [5.74, 6) is -2.24. The van der Waals surface area contributed by atoms with E-state index in [0.717, 1.165) is 16.0 Å². The molecule has 24 heteroatoms. The fraction of sp³-hybridized carbons (Fsp3) is 0.615. The third-order valence-corrected chi connectivity index (χ3v) is 10.0. The molecule has 3 aliphatic heterocycles. The molecule has 22 nitrogen and oxygen atoms in total. The van der Waals surface area contributed by atoms with Gasteiger partial charge >= 0.3 is 48.4 Å². The van der Waals surface area contributed by atoms with Crippen LogP contribution in [0, 0.1) is 0 Å². The number of alkyl halides is 1. The van der Waals surface area contributed by atoms with E-state index in [2.05, 4.69) is 32.6 Å². The highest BCUT2D eigenvalue weighted by atomic mass is 127. The van der Waals surface area contributed by atoms with Crippen LogP contribution in [0.5, 0.6) is 0 Å². The zero-order valence-electron chi connectivity index (χ0n) is 46.0. The van der Waals surface area contributed by atoms with E-state index in [1.54, 1.807) is 62.3 Å². The van der Waals surface area contributed by atoms with Gasteiger partial charge in [-0.15, -0.1) is 0 Å². The first-order valence-electron chi connectivity index (χ1n) is 24.1. The number of ether oxygens (including phenoxy) is 7. The van der Waals surface area contributed by atoms with E-state index in [4.69, 9.17) is 28.4 Å². The third-order valence-electron chi connectivity index (χ3n) is 10.0. The summed E-state index contributed by atoms with van der Waals surface area (Å²) in [6.45, 7) is 21.9. The van der Waals surface area contributed by atoms with Crippen molar-refractivity contribution in [3.05, 3.63) is 71.8 Å². The van der Waals surface area contributed by atoms with Gasteiger partial charge in [0, 0.05) is 54.2 Å². The summed E-state index contributed by atoms with van der Waals surface area (Å²) in [6, 6.07) is 15.8. The van der Waals surface area contributed by atoms with E-state index in [9.17, 15) is 43.5 Å². The number of methoxy groups -OCH3 is 2. The van der Waals surface area contributed by atoms with Crippen molar-refractivity contribution < 1.29 is 76.6 Å². The van der Waals surface area contributed by atoms with E-state index in [1.165, 1.54) is 33.8 Å². The number of carboxylic acids is 1. The normalized spacial score (nSPS) is 17.0. The Labute approximate surface area is 465 Å². The molecule has 0 aromatic heterocycles. The molecule has 0 aliphatic carbocycles. The van der Waals surface area contributed by atoms with E-state index in [1.807, 2.05) is 79.4 Å². The smallest absolute Gasteiger partial charge is 0.411 e. The monoisotopic (exact) mass is 1190 g/mol. The van der Waals surface area contributed by atoms with Crippen molar-refractivity contribution in [2.24, 2.45) is 0 Å². The van der Waals surface area contributed by atoms with Crippen molar-refractivity contribution in [2.75, 3.05) is 78.1 Å². The lowest BCUT2D eigenvalue weighted by atomic mass is 10.1. The van der Waals surface area contributed by atoms with Crippen molar-refractivity contribution >= 4 is 79.4 Å². The summed E-state index contributed by atoms with van der Waals surface area (Å²) < 4.78 is 35.8. The quantitative estimate of drug-likeness (QED) is 0.0898. The number of carbonyl (C=O) groups excluding carboxylic acids is 7. The molecule has 2 aromatic rings. The van der Waals surface area contributed by atoms with E-state index in [-0.39, 0.29) is 68.3 Å². The Hall–Kier alpha value is -6.05. The molecule has 2 N–H and O–H groups in total. The molecule has 0 spiro atoms. The Morgan fingerprint density at radius 3 is 1.21 bits per heavy atom. The van der Waals surface area contributed by atoms with Crippen LogP contribution in [0.25, 0.3) is 0 Å². The number of rotatable bonds is 7. The predicted octanol–water partition coefficient (Wildman–Crippen LogP) is 7.45. The molecule has 5 amide bonds. The summed E-state index contributed by atoms with van der Waals surface area (Å²) in [6.07, 6.45) is -2.95. The first-order chi connectivity index (χ1) is 34.7. The van der Waals surface area contributed by atoms with Crippen LogP contribution in [-0.2, 0) is 60.8 Å². The number of hydrogen-bond donors (Lipinski definition) is 2. The maximum atomic E-state index is 12.4. The number of amides is 5. The Bertz CT molecular complexity index is 2090. The molecule has 3 saturated heterocycles. The Kier molecular flexibility index (Phi) is 33.5. The second-order valence-electron chi connectivity index (χ2n) is 19.1. The van der Waals surface area contributed by atoms with Gasteiger partial charge in [-0.1, -0.05) is 105 Å². The molecular weight excluding hydrogens is 1100 g/mol. The summed E-state index contributed by atoms with van der Waals surface area (Å²) in [7, 11) is 2.55. The maximum Gasteiger partial charge on any atom is 0.411 e. The van der Waals surface area contributed by atoms with Gasteiger partial charge in [0.1, 0.15) is 36.1 Å². The van der Waals surface area contributed by atoms with Gasteiger partial charge in [0.15, 0.2) is 12.1 Å². The first-order valence-corrected chi connectivity index (χ1v) is 26.3. The molecule has 3 atom stereocenters. The number of nitrogens with zero attached hydrogens (tertiary/aromatic N) is 5. The van der Waals surface area contributed by atoms with E-state index >= 15 is 0 Å². The molecule has 0 bridgehead atoms. The van der Waals surface area contributed by atoms with Crippen LogP contribution in [0.3, 0.4) is 0 Å². The van der Waals surface area contributed by atoms with Crippen LogP contribution < -0.4 is 5.32 Å². The molecular formula is C52H83BIN6O16. The Morgan fingerprint density at radius 1 is 0.539 bits per heavy atom. The molecule has 5 rings (SSSR count). The highest BCUT2D eigenvalue weighted by Crippen LogP contribution is 2.20. The van der Waals surface area contributed by atoms with Gasteiger partial charge < -0.3 is 53.4 Å². The topological polar surface area (TPSA) is 250 Å². The molecule has 2 aromatic carbocycles. The highest BCUT2D eigenvalue weighted by Gasteiger charge is 2.42. The number of carbonyl (C=O) groups is 8. The van der Waals surface area contributed by atoms with Crippen LogP contribution in [0.1, 0.15) is 94.7 Å². The second-order valence-corrected chi connectivity index (χ2v) is 19.1. The number of piperazine rings is 3. The van der Waals surface area contributed by atoms with Crippen molar-refractivity contribution in [2.45, 2.75) is 132 Å². The van der Waals surface area contributed by atoms with Gasteiger partial charge in [-0.05, 0) is 78.4 Å². The molecule has 76 heavy (non-hydrogen) atoms. The van der Waals surface area contributed by atoms with Crippen molar-refractivity contribution in [1.82, 2.24) is 29.8 Å². The molecule has 0 saturated carbocycles. The highest BCUT2D eigenvalue weighted by molar-refractivity contribution is 14.1. The number of hydrogen-bond acceptors (Lipinski definition) is 16. The molecule has 3 fully saturated rings. The van der Waals surface area contributed by atoms with Crippen LogP contribution >= 0.6 is 22.6 Å². The van der Waals surface area contributed by atoms with Crippen LogP contribution in [0.2, 0.25) is 0 Å². The largest absolute Gasteiger partial charge is 0.480 e. The average Bonchev–Trinajstić information content (AvgIpc) is 3.37. The van der Waals surface area contributed by atoms with Crippen molar-refractivity contribution in [1.29, 1.82) is 0 Å². The first kappa shape index (κ1) is 72.0. The predicted molar refractivity (Wildman–Crippen MR) is 295 cm³/mol. The minimum Gasteiger partial charge on any atom is -0.480 e. The third kappa shape index (κ3) is 26.1. The summed E-state index contributed by atoms with van der Waals surface area (Å²) in [5, 5.41) is 12.5. The van der Waals surface area contributed by atoms with Crippen LogP contribution in [0.4, 0.5) is 24.0 Å². The summed E-state index contributed by atoms with van der Waals surface area (Å²) in [4.78, 5) is 105. The summed E-state index contributed by atoms with van der Waals surface area (Å²) in [5.41, 5.74) is -0.288. The van der Waals surface area contributed by atoms with Gasteiger partial charge in [0.25, 0.3) is 0 Å². The van der Waals surface area contributed by atoms with E-state index < -0.39 is 83.3 Å². The Balaban J connectivity index is 0. The maximum absolute atomic E-state index is 12.4. The standard InChI is InChI=1S/C19H26N2O6.C18H24N2O6.C11H20N2O4.C2H6.CH3I.CH4.B/c1-19(2,3)27-18(24)21-11-10-20(12-15(21)16(22)25-4)17(23)26-13-14-8-6-5-7-9-14;1-18(2,3)26-17(24)20-10-9-19(11-14(20)15(21)22)16(23)25-12-13-7-5-4-6-8-13;1-11(2,3)17-10(15)13-6-5-12-7-8(13)9(14)16-4;2*1-2;;/h5-9,15H,10-13H2,1-4H3;4-8,14H,9-12H2,1-3H3,(H,21,22);8,12H,5-7H2,1-4H3;1-2H3;1H3;1H4;/t15-;14-;8-;;;;/m111..../s1. The zero-order chi connectivity index (χ0) is 56.4. The lowest BCUT2D eigenvalue weighted by molar-refractivity contribution is -0.149. The minimum absolute atomic E-state index is 0. The zero-order valence-corrected chi connectivity index (χ0v) is 48.2. The van der Waals surface area contributed by atoms with Crippen molar-refractivity contribution in [3.63, 3.8) is 0 Å². The van der Waals surface area contributed by atoms with Crippen LogP contribution in [0.15, 0.2) is 60.7 Å². The minimum atomic E-state index is -1.20. The molecule has 3 aliphatic rings. The second kappa shape index (κ2) is 35.3. The van der Waals surface area contributed by atoms with Gasteiger partial charge in [0.2, 0.25) is 0 Å². The number of benzene rings is 2.